The lowest BCUT2D eigenvalue weighted by Gasteiger charge is -2.41. The summed E-state index contributed by atoms with van der Waals surface area (Å²) in [4.78, 5) is 27.5. The number of piperidine rings is 1. The third kappa shape index (κ3) is 3.64. The number of para-hydroxylation sites is 1. The summed E-state index contributed by atoms with van der Waals surface area (Å²) >= 11 is 1.52. The van der Waals surface area contributed by atoms with Crippen molar-refractivity contribution >= 4 is 40.4 Å². The fourth-order valence-corrected chi connectivity index (χ4v) is 4.77. The van der Waals surface area contributed by atoms with Crippen molar-refractivity contribution < 1.29 is 9.72 Å². The maximum absolute atomic E-state index is 12.1. The molecule has 2 heterocycles. The van der Waals surface area contributed by atoms with Crippen LogP contribution in [-0.2, 0) is 4.79 Å². The van der Waals surface area contributed by atoms with E-state index in [4.69, 9.17) is 0 Å². The third-order valence-electron chi connectivity index (χ3n) is 5.74. The summed E-state index contributed by atoms with van der Waals surface area (Å²) in [5, 5.41) is 14.5. The van der Waals surface area contributed by atoms with E-state index in [9.17, 15) is 14.9 Å². The van der Waals surface area contributed by atoms with Gasteiger partial charge in [-0.25, -0.2) is 0 Å². The molecule has 2 aliphatic heterocycles. The first-order valence-electron chi connectivity index (χ1n) is 9.65. The van der Waals surface area contributed by atoms with Gasteiger partial charge in [0, 0.05) is 37.5 Å². The molecule has 2 aliphatic rings. The van der Waals surface area contributed by atoms with Crippen LogP contribution in [0.2, 0.25) is 0 Å². The second-order valence-corrected chi connectivity index (χ2v) is 8.35. The van der Waals surface area contributed by atoms with Crippen LogP contribution in [0.3, 0.4) is 0 Å². The molecule has 7 nitrogen and oxygen atoms in total. The molecule has 152 valence electrons. The topological polar surface area (TPSA) is 78.7 Å². The maximum Gasteiger partial charge on any atom is 0.271 e. The number of hydrogen-bond acceptors (Lipinski definition) is 6. The number of amides is 1. The van der Waals surface area contributed by atoms with E-state index in [1.54, 1.807) is 12.1 Å². The molecule has 1 amide bonds. The van der Waals surface area contributed by atoms with Gasteiger partial charge in [0.2, 0.25) is 5.91 Å². The van der Waals surface area contributed by atoms with Gasteiger partial charge in [0.05, 0.1) is 28.1 Å². The Labute approximate surface area is 174 Å². The number of thioether (sulfide) groups is 1. The van der Waals surface area contributed by atoms with Crippen LogP contribution >= 0.6 is 11.8 Å². The number of hydrogen-bond donors (Lipinski definition) is 1. The fourth-order valence-electron chi connectivity index (χ4n) is 4.42. The summed E-state index contributed by atoms with van der Waals surface area (Å²) in [5.74, 6) is 0.544. The highest BCUT2D eigenvalue weighted by molar-refractivity contribution is 7.99. The maximum atomic E-state index is 12.1. The molecule has 0 radical (unpaired) electrons. The van der Waals surface area contributed by atoms with Crippen LogP contribution < -0.4 is 15.1 Å². The van der Waals surface area contributed by atoms with Crippen molar-refractivity contribution in [3.8, 4) is 0 Å². The Balaban J connectivity index is 1.75. The molecular formula is C21H24N4O3S. The smallest absolute Gasteiger partial charge is 0.271 e. The highest BCUT2D eigenvalue weighted by Crippen LogP contribution is 2.48. The van der Waals surface area contributed by atoms with Crippen LogP contribution in [0.25, 0.3) is 0 Å². The van der Waals surface area contributed by atoms with Crippen molar-refractivity contribution in [2.45, 2.75) is 24.9 Å². The Kier molecular flexibility index (Phi) is 5.36. The van der Waals surface area contributed by atoms with E-state index in [1.807, 2.05) is 36.4 Å². The molecule has 0 spiro atoms. The zero-order valence-corrected chi connectivity index (χ0v) is 17.3. The number of nitro groups is 1. The molecule has 0 bridgehead atoms. The summed E-state index contributed by atoms with van der Waals surface area (Å²) in [5.41, 5.74) is 4.13. The summed E-state index contributed by atoms with van der Waals surface area (Å²) < 4.78 is 0. The van der Waals surface area contributed by atoms with Crippen molar-refractivity contribution in [2.24, 2.45) is 0 Å². The number of nitrogens with zero attached hydrogens (tertiary/aromatic N) is 3. The molecule has 2 aromatic carbocycles. The Morgan fingerprint density at radius 3 is 2.79 bits per heavy atom. The minimum absolute atomic E-state index is 0.0750. The molecule has 1 saturated heterocycles. The highest BCUT2D eigenvalue weighted by Gasteiger charge is 2.36. The van der Waals surface area contributed by atoms with Crippen molar-refractivity contribution in [2.75, 3.05) is 35.4 Å². The van der Waals surface area contributed by atoms with Gasteiger partial charge in [-0.2, -0.15) is 11.8 Å². The van der Waals surface area contributed by atoms with Gasteiger partial charge in [-0.1, -0.05) is 18.2 Å². The van der Waals surface area contributed by atoms with E-state index < -0.39 is 0 Å². The number of fused-ring (bicyclic) bond motifs is 5. The van der Waals surface area contributed by atoms with Crippen LogP contribution in [0.15, 0.2) is 42.5 Å². The van der Waals surface area contributed by atoms with E-state index in [1.165, 1.54) is 17.3 Å². The van der Waals surface area contributed by atoms with Gasteiger partial charge in [-0.15, -0.1) is 0 Å². The number of benzene rings is 2. The molecule has 2 atom stereocenters. The zero-order chi connectivity index (χ0) is 20.5. The number of anilines is 3. The number of nitro benzene ring substituents is 1. The van der Waals surface area contributed by atoms with Crippen molar-refractivity contribution in [1.82, 2.24) is 5.32 Å². The first-order chi connectivity index (χ1) is 14.0. The van der Waals surface area contributed by atoms with Gasteiger partial charge in [-0.3, -0.25) is 14.9 Å². The Morgan fingerprint density at radius 2 is 2.03 bits per heavy atom. The number of carbonyl (C=O) groups excluding carboxylic acids is 1. The molecule has 8 heteroatoms. The molecule has 2 aromatic rings. The van der Waals surface area contributed by atoms with Crippen LogP contribution in [-0.4, -0.2) is 42.5 Å². The van der Waals surface area contributed by atoms with E-state index in [0.717, 1.165) is 36.4 Å². The summed E-state index contributed by atoms with van der Waals surface area (Å²) in [7, 11) is 1.96. The molecule has 0 unspecified atom stereocenters. The minimum atomic E-state index is -0.351. The number of nitrogens with one attached hydrogen (secondary N) is 1. The summed E-state index contributed by atoms with van der Waals surface area (Å²) in [6, 6.07) is 13.5. The Morgan fingerprint density at radius 1 is 1.24 bits per heavy atom. The van der Waals surface area contributed by atoms with Gasteiger partial charge >= 0.3 is 0 Å². The lowest BCUT2D eigenvalue weighted by atomic mass is 9.90. The van der Waals surface area contributed by atoms with Crippen LogP contribution in [0.1, 0.15) is 24.4 Å². The number of non-ortho nitro benzene ring substituents is 1. The molecule has 1 N–H and O–H groups in total. The van der Waals surface area contributed by atoms with E-state index in [0.29, 0.717) is 5.75 Å². The Hall–Kier alpha value is -2.74. The normalized spacial score (nSPS) is 20.2. The third-order valence-corrected chi connectivity index (χ3v) is 6.29. The average molecular weight is 413 g/mol. The molecule has 0 aliphatic carbocycles. The standard InChI is InChI=1S/C21H24N4O3S/c1-23-17-6-4-3-5-16(17)19-11-14(22-21(26)13-29-2)9-10-24(19)18-8-7-15(25(27)28)12-20(18)23/h3-8,12,14,19H,9-11,13H2,1-2H3,(H,22,26)/t14-,19-/m0/s1. The van der Waals surface area contributed by atoms with Crippen LogP contribution in [0, 0.1) is 10.1 Å². The van der Waals surface area contributed by atoms with E-state index >= 15 is 0 Å². The van der Waals surface area contributed by atoms with Crippen molar-refractivity contribution in [1.29, 1.82) is 0 Å². The molecule has 1 fully saturated rings. The molecule has 0 aromatic heterocycles. The molecule has 4 rings (SSSR count). The zero-order valence-electron chi connectivity index (χ0n) is 16.5. The number of carbonyl (C=O) groups is 1. The van der Waals surface area contributed by atoms with Crippen molar-refractivity contribution in [3.05, 3.63) is 58.1 Å². The number of rotatable bonds is 4. The second kappa shape index (κ2) is 7.94. The van der Waals surface area contributed by atoms with Crippen molar-refractivity contribution in [3.63, 3.8) is 0 Å². The van der Waals surface area contributed by atoms with E-state index in [2.05, 4.69) is 22.3 Å². The van der Waals surface area contributed by atoms with Gasteiger partial charge in [-0.05, 0) is 36.8 Å². The van der Waals surface area contributed by atoms with Gasteiger partial charge < -0.3 is 15.1 Å². The van der Waals surface area contributed by atoms with Gasteiger partial charge in [0.15, 0.2) is 0 Å². The second-order valence-electron chi connectivity index (χ2n) is 7.48. The lowest BCUT2D eigenvalue weighted by Crippen LogP contribution is -2.46. The van der Waals surface area contributed by atoms with E-state index in [-0.39, 0.29) is 28.6 Å². The predicted molar refractivity (Wildman–Crippen MR) is 117 cm³/mol. The Bertz CT molecular complexity index is 951. The van der Waals surface area contributed by atoms with Gasteiger partial charge in [0.25, 0.3) is 5.69 Å². The van der Waals surface area contributed by atoms with Crippen LogP contribution in [0.4, 0.5) is 22.7 Å². The fraction of sp³-hybridized carbons (Fsp3) is 0.381. The minimum Gasteiger partial charge on any atom is -0.363 e. The molecule has 29 heavy (non-hydrogen) atoms. The molecular weight excluding hydrogens is 388 g/mol. The average Bonchev–Trinajstić information content (AvgIpc) is 2.82. The molecule has 0 saturated carbocycles. The monoisotopic (exact) mass is 412 g/mol. The van der Waals surface area contributed by atoms with Crippen LogP contribution in [0.5, 0.6) is 0 Å². The first kappa shape index (κ1) is 19.6. The summed E-state index contributed by atoms with van der Waals surface area (Å²) in [6.45, 7) is 0.780. The SMILES string of the molecule is CSCC(=O)N[C@H]1CCN2c3ccc([N+](=O)[O-])cc3N(C)c3ccccc3[C@@H]2C1. The van der Waals surface area contributed by atoms with Gasteiger partial charge in [0.1, 0.15) is 0 Å². The first-order valence-corrected chi connectivity index (χ1v) is 11.0. The largest absolute Gasteiger partial charge is 0.363 e. The lowest BCUT2D eigenvalue weighted by molar-refractivity contribution is -0.384. The summed E-state index contributed by atoms with van der Waals surface area (Å²) in [6.07, 6.45) is 3.58. The quantitative estimate of drug-likeness (QED) is 0.607. The predicted octanol–water partition coefficient (Wildman–Crippen LogP) is 3.87. The highest BCUT2D eigenvalue weighted by atomic mass is 32.2.